The van der Waals surface area contributed by atoms with E-state index in [0.717, 1.165) is 5.56 Å². The van der Waals surface area contributed by atoms with Crippen molar-refractivity contribution in [2.45, 2.75) is 0 Å². The van der Waals surface area contributed by atoms with Crippen LogP contribution in [-0.4, -0.2) is 18.8 Å². The van der Waals surface area contributed by atoms with E-state index in [2.05, 4.69) is 17.4 Å². The molecule has 0 saturated heterocycles. The Balaban J connectivity index is 2.98. The van der Waals surface area contributed by atoms with Crippen LogP contribution < -0.4 is 0 Å². The molecule has 2 nitrogen and oxygen atoms in total. The quantitative estimate of drug-likeness (QED) is 0.651. The van der Waals surface area contributed by atoms with E-state index in [-0.39, 0.29) is 0 Å². The van der Waals surface area contributed by atoms with Crippen molar-refractivity contribution in [3.8, 4) is 0 Å². The van der Waals surface area contributed by atoms with E-state index in [1.807, 2.05) is 12.2 Å². The third-order valence-electron chi connectivity index (χ3n) is 1.81. The highest BCUT2D eigenvalue weighted by Gasteiger charge is 2.09. The van der Waals surface area contributed by atoms with E-state index < -0.39 is 5.97 Å². The second kappa shape index (κ2) is 5.83. The Labute approximate surface area is 99.3 Å². The Morgan fingerprint density at radius 3 is 2.87 bits per heavy atom. The Morgan fingerprint density at radius 1 is 1.60 bits per heavy atom. The smallest absolute Gasteiger partial charge is 0.339 e. The molecule has 0 aliphatic carbocycles. The van der Waals surface area contributed by atoms with E-state index in [9.17, 15) is 4.79 Å². The van der Waals surface area contributed by atoms with Crippen molar-refractivity contribution in [2.24, 2.45) is 0 Å². The molecular weight excluding hydrogens is 232 g/mol. The molecule has 4 heteroatoms. The molecule has 0 aliphatic rings. The summed E-state index contributed by atoms with van der Waals surface area (Å²) >= 11 is 9.98. The minimum absolute atomic E-state index is 0.377. The molecule has 0 amide bonds. The maximum Gasteiger partial charge on any atom is 0.339 e. The molecule has 0 unspecified atom stereocenters. The highest BCUT2D eigenvalue weighted by Crippen LogP contribution is 2.19. The van der Waals surface area contributed by atoms with Gasteiger partial charge in [-0.25, -0.2) is 4.79 Å². The molecular formula is C11H11ClO2S. The Morgan fingerprint density at radius 2 is 2.33 bits per heavy atom. The second-order valence-electron chi connectivity index (χ2n) is 2.82. The molecule has 1 aromatic rings. The molecule has 0 spiro atoms. The summed E-state index contributed by atoms with van der Waals surface area (Å²) in [6, 6.07) is 5.16. The number of rotatable bonds is 3. The average Bonchev–Trinajstić information content (AvgIpc) is 2.25. The number of carbonyl (C=O) groups is 1. The summed E-state index contributed by atoms with van der Waals surface area (Å²) in [4.78, 5) is 11.2. The lowest BCUT2D eigenvalue weighted by Crippen LogP contribution is -2.01. The Kier molecular flexibility index (Phi) is 4.72. The fourth-order valence-corrected chi connectivity index (χ4v) is 1.47. The first-order chi connectivity index (χ1) is 7.19. The molecule has 0 saturated carbocycles. The molecule has 0 atom stereocenters. The molecule has 0 bridgehead atoms. The van der Waals surface area contributed by atoms with Crippen molar-refractivity contribution >= 4 is 36.3 Å². The third-order valence-corrected chi connectivity index (χ3v) is 2.34. The molecule has 0 aliphatic heterocycles. The first-order valence-corrected chi connectivity index (χ1v) is 5.35. The predicted molar refractivity (Wildman–Crippen MR) is 65.7 cm³/mol. The maximum atomic E-state index is 11.2. The van der Waals surface area contributed by atoms with Gasteiger partial charge in [0.2, 0.25) is 0 Å². The van der Waals surface area contributed by atoms with Crippen LogP contribution in [-0.2, 0) is 4.74 Å². The molecule has 15 heavy (non-hydrogen) atoms. The molecule has 0 radical (unpaired) electrons. The van der Waals surface area contributed by atoms with Crippen molar-refractivity contribution in [3.05, 3.63) is 40.4 Å². The fraction of sp³-hybridized carbons (Fsp3) is 0.182. The molecule has 0 fully saturated rings. The van der Waals surface area contributed by atoms with Crippen LogP contribution in [0.2, 0.25) is 5.02 Å². The van der Waals surface area contributed by atoms with E-state index >= 15 is 0 Å². The van der Waals surface area contributed by atoms with Gasteiger partial charge in [0.05, 0.1) is 17.7 Å². The highest BCUT2D eigenvalue weighted by atomic mass is 35.5. The van der Waals surface area contributed by atoms with E-state index in [1.54, 1.807) is 18.2 Å². The topological polar surface area (TPSA) is 26.3 Å². The first kappa shape index (κ1) is 12.1. The van der Waals surface area contributed by atoms with Gasteiger partial charge in [0.1, 0.15) is 0 Å². The number of ether oxygens (including phenoxy) is 1. The number of benzene rings is 1. The third kappa shape index (κ3) is 3.29. The van der Waals surface area contributed by atoms with Crippen LogP contribution in [0, 0.1) is 0 Å². The summed E-state index contributed by atoms with van der Waals surface area (Å²) in [5, 5.41) is 0.392. The zero-order chi connectivity index (χ0) is 11.3. The number of methoxy groups -OCH3 is 1. The van der Waals surface area contributed by atoms with Gasteiger partial charge in [-0.15, -0.1) is 0 Å². The molecule has 0 heterocycles. The minimum Gasteiger partial charge on any atom is -0.465 e. The number of hydrogen-bond donors (Lipinski definition) is 1. The van der Waals surface area contributed by atoms with E-state index in [1.165, 1.54) is 7.11 Å². The number of esters is 1. The maximum absolute atomic E-state index is 11.2. The zero-order valence-corrected chi connectivity index (χ0v) is 9.89. The summed E-state index contributed by atoms with van der Waals surface area (Å²) in [6.07, 6.45) is 3.78. The van der Waals surface area contributed by atoms with Gasteiger partial charge in [0.25, 0.3) is 0 Å². The van der Waals surface area contributed by atoms with Gasteiger partial charge in [-0.2, -0.15) is 12.6 Å². The van der Waals surface area contributed by atoms with Crippen molar-refractivity contribution in [3.63, 3.8) is 0 Å². The predicted octanol–water partition coefficient (Wildman–Crippen LogP) is 3.07. The van der Waals surface area contributed by atoms with Gasteiger partial charge < -0.3 is 4.74 Å². The van der Waals surface area contributed by atoms with Gasteiger partial charge in [0, 0.05) is 5.75 Å². The van der Waals surface area contributed by atoms with Crippen LogP contribution >= 0.6 is 24.2 Å². The number of halogens is 1. The number of carbonyl (C=O) groups excluding carboxylic acids is 1. The summed E-state index contributed by atoms with van der Waals surface area (Å²) in [7, 11) is 1.33. The van der Waals surface area contributed by atoms with Crippen LogP contribution in [0.4, 0.5) is 0 Å². The van der Waals surface area contributed by atoms with Crippen LogP contribution in [0.5, 0.6) is 0 Å². The normalized spacial score (nSPS) is 10.6. The standard InChI is InChI=1S/C11H11ClO2S/c1-14-11(13)9-5-4-8(3-2-6-15)7-10(9)12/h2-5,7,15H,6H2,1H3. The van der Waals surface area contributed by atoms with Crippen molar-refractivity contribution in [1.82, 2.24) is 0 Å². The van der Waals surface area contributed by atoms with Crippen molar-refractivity contribution < 1.29 is 9.53 Å². The van der Waals surface area contributed by atoms with Gasteiger partial charge in [0.15, 0.2) is 0 Å². The van der Waals surface area contributed by atoms with E-state index in [4.69, 9.17) is 11.6 Å². The molecule has 0 N–H and O–H groups in total. The summed E-state index contributed by atoms with van der Waals surface area (Å²) in [6.45, 7) is 0. The largest absolute Gasteiger partial charge is 0.465 e. The lowest BCUT2D eigenvalue weighted by atomic mass is 10.1. The summed E-state index contributed by atoms with van der Waals surface area (Å²) < 4.78 is 4.58. The van der Waals surface area contributed by atoms with Gasteiger partial charge in [-0.1, -0.05) is 29.8 Å². The molecule has 1 aromatic carbocycles. The fourth-order valence-electron chi connectivity index (χ4n) is 1.10. The molecule has 1 rings (SSSR count). The van der Waals surface area contributed by atoms with Gasteiger partial charge >= 0.3 is 5.97 Å². The Hall–Kier alpha value is -0.930. The SMILES string of the molecule is COC(=O)c1ccc(C=CCS)cc1Cl. The van der Waals surface area contributed by atoms with Crippen molar-refractivity contribution in [2.75, 3.05) is 12.9 Å². The number of thiol groups is 1. The van der Waals surface area contributed by atoms with Crippen LogP contribution in [0.1, 0.15) is 15.9 Å². The highest BCUT2D eigenvalue weighted by molar-refractivity contribution is 7.80. The monoisotopic (exact) mass is 242 g/mol. The average molecular weight is 243 g/mol. The number of hydrogen-bond acceptors (Lipinski definition) is 3. The summed E-state index contributed by atoms with van der Waals surface area (Å²) in [5.41, 5.74) is 1.31. The van der Waals surface area contributed by atoms with E-state index in [0.29, 0.717) is 16.3 Å². The zero-order valence-electron chi connectivity index (χ0n) is 8.24. The molecule has 0 aromatic heterocycles. The second-order valence-corrected chi connectivity index (χ2v) is 3.59. The first-order valence-electron chi connectivity index (χ1n) is 4.34. The molecule has 80 valence electrons. The lowest BCUT2D eigenvalue weighted by molar-refractivity contribution is 0.0601. The van der Waals surface area contributed by atoms with Gasteiger partial charge in [-0.05, 0) is 17.7 Å². The van der Waals surface area contributed by atoms with Gasteiger partial charge in [-0.3, -0.25) is 0 Å². The van der Waals surface area contributed by atoms with Crippen LogP contribution in [0.25, 0.3) is 6.08 Å². The van der Waals surface area contributed by atoms with Crippen LogP contribution in [0.3, 0.4) is 0 Å². The van der Waals surface area contributed by atoms with Crippen LogP contribution in [0.15, 0.2) is 24.3 Å². The van der Waals surface area contributed by atoms with Crippen molar-refractivity contribution in [1.29, 1.82) is 0 Å². The minimum atomic E-state index is -0.426. The Bertz CT molecular complexity index is 388. The lowest BCUT2D eigenvalue weighted by Gasteiger charge is -2.02. The summed E-state index contributed by atoms with van der Waals surface area (Å²) in [5.74, 6) is 0.237.